The van der Waals surface area contributed by atoms with Gasteiger partial charge in [0.15, 0.2) is 0 Å². The molecule has 1 saturated carbocycles. The van der Waals surface area contributed by atoms with E-state index in [1.54, 1.807) is 0 Å². The van der Waals surface area contributed by atoms with E-state index in [2.05, 4.69) is 10.3 Å². The molecular weight excluding hydrogens is 425 g/mol. The monoisotopic (exact) mass is 440 g/mol. The summed E-state index contributed by atoms with van der Waals surface area (Å²) >= 11 is 5.90. The van der Waals surface area contributed by atoms with Crippen LogP contribution < -0.4 is 14.8 Å². The van der Waals surface area contributed by atoms with Crippen LogP contribution in [0, 0.1) is 11.3 Å². The lowest BCUT2D eigenvalue weighted by Crippen LogP contribution is -2.52. The van der Waals surface area contributed by atoms with Gasteiger partial charge >= 0.3 is 15.5 Å². The van der Waals surface area contributed by atoms with Crippen LogP contribution in [0.3, 0.4) is 0 Å². The minimum absolute atomic E-state index is 0.00720. The van der Waals surface area contributed by atoms with Crippen molar-refractivity contribution in [2.45, 2.75) is 43.3 Å². The molecule has 0 aliphatic heterocycles. The van der Waals surface area contributed by atoms with Crippen molar-refractivity contribution in [3.8, 4) is 11.8 Å². The Labute approximate surface area is 164 Å². The summed E-state index contributed by atoms with van der Waals surface area (Å²) in [5.74, 6) is -0.651. The number of nitriles is 1. The lowest BCUT2D eigenvalue weighted by Gasteiger charge is -2.35. The van der Waals surface area contributed by atoms with E-state index in [0.29, 0.717) is 12.8 Å². The van der Waals surface area contributed by atoms with Gasteiger partial charge in [0, 0.05) is 0 Å². The van der Waals surface area contributed by atoms with E-state index in [4.69, 9.17) is 16.3 Å². The van der Waals surface area contributed by atoms with Gasteiger partial charge in [-0.2, -0.15) is 18.4 Å². The van der Waals surface area contributed by atoms with E-state index in [1.165, 1.54) is 17.7 Å². The quantitative estimate of drug-likeness (QED) is 0.626. The highest BCUT2D eigenvalue weighted by atomic mass is 35.5. The molecule has 8 nitrogen and oxygen atoms in total. The zero-order valence-electron chi connectivity index (χ0n) is 14.5. The molecule has 1 aromatic rings. The standard InChI is InChI=1S/C15H16ClF3N4O4S/c1-9(23-28(25,26)15(17,18)19)7-27-10-5-11(12(16)21-6-10)13(24)22-14(8-20)3-2-4-14/h5-6,9,23H,2-4,7H2,1H3,(H,22,24)/t9-/m0/s1. The lowest BCUT2D eigenvalue weighted by atomic mass is 9.78. The van der Waals surface area contributed by atoms with E-state index in [9.17, 15) is 31.6 Å². The van der Waals surface area contributed by atoms with Crippen molar-refractivity contribution in [1.82, 2.24) is 15.0 Å². The first-order valence-electron chi connectivity index (χ1n) is 8.00. The zero-order valence-corrected chi connectivity index (χ0v) is 16.1. The summed E-state index contributed by atoms with van der Waals surface area (Å²) in [7, 11) is -5.51. The third-order valence-corrected chi connectivity index (χ3v) is 5.62. The Balaban J connectivity index is 2.03. The Morgan fingerprint density at radius 3 is 2.64 bits per heavy atom. The number of amides is 1. The van der Waals surface area contributed by atoms with Crippen LogP contribution >= 0.6 is 11.6 Å². The number of halogens is 4. The maximum atomic E-state index is 12.4. The summed E-state index contributed by atoms with van der Waals surface area (Å²) < 4.78 is 65.8. The molecule has 2 rings (SSSR count). The van der Waals surface area contributed by atoms with Crippen LogP contribution in [-0.2, 0) is 10.0 Å². The normalized spacial score (nSPS) is 17.1. The Morgan fingerprint density at radius 2 is 2.14 bits per heavy atom. The van der Waals surface area contributed by atoms with Gasteiger partial charge in [0.2, 0.25) is 0 Å². The molecule has 0 spiro atoms. The molecule has 1 aromatic heterocycles. The largest absolute Gasteiger partial charge is 0.511 e. The van der Waals surface area contributed by atoms with E-state index in [0.717, 1.165) is 12.6 Å². The highest BCUT2D eigenvalue weighted by Gasteiger charge is 2.46. The minimum Gasteiger partial charge on any atom is -0.490 e. The molecule has 0 aromatic carbocycles. The predicted octanol–water partition coefficient (Wildman–Crippen LogP) is 2.12. The predicted molar refractivity (Wildman–Crippen MR) is 92.0 cm³/mol. The van der Waals surface area contributed by atoms with Crippen LogP contribution in [0.15, 0.2) is 12.3 Å². The van der Waals surface area contributed by atoms with Crippen molar-refractivity contribution in [2.24, 2.45) is 0 Å². The van der Waals surface area contributed by atoms with Gasteiger partial charge in [-0.1, -0.05) is 11.6 Å². The van der Waals surface area contributed by atoms with Gasteiger partial charge in [-0.15, -0.1) is 0 Å². The molecule has 13 heteroatoms. The second-order valence-corrected chi connectivity index (χ2v) is 8.35. The van der Waals surface area contributed by atoms with Crippen LogP contribution in [0.5, 0.6) is 5.75 Å². The maximum absolute atomic E-state index is 12.4. The molecule has 1 atom stereocenters. The molecule has 1 aliphatic rings. The first kappa shape index (κ1) is 22.2. The van der Waals surface area contributed by atoms with Crippen LogP contribution in [0.25, 0.3) is 0 Å². The molecule has 0 radical (unpaired) electrons. The Morgan fingerprint density at radius 1 is 1.50 bits per heavy atom. The number of carbonyl (C=O) groups is 1. The molecule has 0 unspecified atom stereocenters. The van der Waals surface area contributed by atoms with Crippen molar-refractivity contribution in [2.75, 3.05) is 6.61 Å². The number of hydrogen-bond donors (Lipinski definition) is 2. The van der Waals surface area contributed by atoms with Gasteiger partial charge in [-0.25, -0.2) is 18.1 Å². The number of ether oxygens (including phenoxy) is 1. The molecule has 1 fully saturated rings. The molecular formula is C15H16ClF3N4O4S. The number of nitrogens with one attached hydrogen (secondary N) is 2. The summed E-state index contributed by atoms with van der Waals surface area (Å²) in [5, 5.41) is 11.6. The second-order valence-electron chi connectivity index (χ2n) is 6.29. The smallest absolute Gasteiger partial charge is 0.490 e. The van der Waals surface area contributed by atoms with Crippen molar-refractivity contribution >= 4 is 27.5 Å². The first-order chi connectivity index (χ1) is 12.9. The number of alkyl halides is 3. The molecule has 1 heterocycles. The SMILES string of the molecule is C[C@@H](COc1cnc(Cl)c(C(=O)NC2(C#N)CCC2)c1)NS(=O)(=O)C(F)(F)F. The van der Waals surface area contributed by atoms with E-state index < -0.39 is 39.6 Å². The molecule has 1 aliphatic carbocycles. The lowest BCUT2D eigenvalue weighted by molar-refractivity contribution is -0.0451. The number of pyridine rings is 1. The average Bonchev–Trinajstić information content (AvgIpc) is 2.55. The van der Waals surface area contributed by atoms with Gasteiger partial charge < -0.3 is 10.1 Å². The Hall–Kier alpha value is -2.10. The van der Waals surface area contributed by atoms with Crippen LogP contribution in [0.2, 0.25) is 5.15 Å². The number of rotatable bonds is 7. The number of sulfonamides is 1. The second kappa shape index (κ2) is 8.10. The van der Waals surface area contributed by atoms with Crippen LogP contribution in [-0.4, -0.2) is 43.0 Å². The first-order valence-corrected chi connectivity index (χ1v) is 9.86. The fourth-order valence-electron chi connectivity index (χ4n) is 2.33. The van der Waals surface area contributed by atoms with Gasteiger partial charge in [0.1, 0.15) is 23.0 Å². The van der Waals surface area contributed by atoms with Crippen molar-refractivity contribution in [3.63, 3.8) is 0 Å². The number of nitrogens with zero attached hydrogens (tertiary/aromatic N) is 2. The van der Waals surface area contributed by atoms with Crippen molar-refractivity contribution in [3.05, 3.63) is 23.0 Å². The Bertz CT molecular complexity index is 898. The zero-order chi connectivity index (χ0) is 21.2. The molecule has 2 N–H and O–H groups in total. The number of carbonyl (C=O) groups excluding carboxylic acids is 1. The van der Waals surface area contributed by atoms with Crippen LogP contribution in [0.1, 0.15) is 36.5 Å². The summed E-state index contributed by atoms with van der Waals surface area (Å²) in [5.41, 5.74) is -6.47. The van der Waals surface area contributed by atoms with Gasteiger partial charge in [0.05, 0.1) is 23.9 Å². The summed E-state index contributed by atoms with van der Waals surface area (Å²) in [6.45, 7) is 0.718. The third kappa shape index (κ3) is 5.03. The maximum Gasteiger partial charge on any atom is 0.511 e. The minimum atomic E-state index is -5.51. The average molecular weight is 441 g/mol. The molecule has 0 saturated heterocycles. The van der Waals surface area contributed by atoms with E-state index >= 15 is 0 Å². The topological polar surface area (TPSA) is 121 Å². The fraction of sp³-hybridized carbons (Fsp3) is 0.533. The van der Waals surface area contributed by atoms with Gasteiger partial charge in [0.25, 0.3) is 5.91 Å². The Kier molecular flexibility index (Phi) is 6.42. The van der Waals surface area contributed by atoms with Crippen molar-refractivity contribution < 1.29 is 31.1 Å². The summed E-state index contributed by atoms with van der Waals surface area (Å²) in [6.07, 6.45) is 2.95. The summed E-state index contributed by atoms with van der Waals surface area (Å²) in [6, 6.07) is 2.04. The van der Waals surface area contributed by atoms with Gasteiger partial charge in [-0.05, 0) is 32.3 Å². The highest BCUT2D eigenvalue weighted by Crippen LogP contribution is 2.32. The highest BCUT2D eigenvalue weighted by molar-refractivity contribution is 7.90. The molecule has 154 valence electrons. The number of aromatic nitrogens is 1. The third-order valence-electron chi connectivity index (χ3n) is 3.99. The van der Waals surface area contributed by atoms with Crippen molar-refractivity contribution in [1.29, 1.82) is 5.26 Å². The van der Waals surface area contributed by atoms with E-state index in [-0.39, 0.29) is 16.5 Å². The van der Waals surface area contributed by atoms with Gasteiger partial charge in [-0.3, -0.25) is 4.79 Å². The molecule has 0 bridgehead atoms. The molecule has 1 amide bonds. The van der Waals surface area contributed by atoms with E-state index in [1.807, 2.05) is 6.07 Å². The molecule has 28 heavy (non-hydrogen) atoms. The fourth-order valence-corrected chi connectivity index (χ4v) is 3.25. The number of hydrogen-bond acceptors (Lipinski definition) is 6. The summed E-state index contributed by atoms with van der Waals surface area (Å²) in [4.78, 5) is 16.1. The van der Waals surface area contributed by atoms with Crippen LogP contribution in [0.4, 0.5) is 13.2 Å².